The molecule has 3 heterocycles. The molecule has 0 bridgehead atoms. The second-order valence-corrected chi connectivity index (χ2v) is 14.0. The largest absolute Gasteiger partial charge is 0.307 e. The Labute approximate surface area is 311 Å². The van der Waals surface area contributed by atoms with Gasteiger partial charge in [-0.3, -0.25) is 4.57 Å². The molecule has 1 atom stereocenters. The fraction of sp³-hybridized carbons (Fsp3) is 0.0408. The molecule has 0 radical (unpaired) electrons. The molecule has 0 spiro atoms. The summed E-state index contributed by atoms with van der Waals surface area (Å²) in [6, 6.07) is 60.0. The number of aromatic nitrogens is 5. The van der Waals surface area contributed by atoms with Crippen molar-refractivity contribution in [2.45, 2.75) is 12.3 Å². The molecule has 11 rings (SSSR count). The molecular weight excluding hydrogens is 659 g/mol. The van der Waals surface area contributed by atoms with Crippen molar-refractivity contribution in [1.82, 2.24) is 24.1 Å². The summed E-state index contributed by atoms with van der Waals surface area (Å²) in [6.45, 7) is 0. The topological polar surface area (TPSA) is 48.5 Å². The van der Waals surface area contributed by atoms with Crippen LogP contribution in [-0.4, -0.2) is 24.1 Å². The standard InChI is InChI=1S/C49H33N5/c1-3-15-33(16-4-1)47-50-48(37-19-13-18-35(31-37)36-27-26-32-14-7-8-17-34(32)30-36)52-49(51-47)54-44-25-12-10-23-40(44)42-29-28-41-39-22-9-11-24-43(39)53(45(41)46(42)54)38-20-5-2-6-21-38/h1-26,28-31,36H,27H2. The van der Waals surface area contributed by atoms with E-state index in [4.69, 9.17) is 15.0 Å². The van der Waals surface area contributed by atoms with Crippen molar-refractivity contribution in [3.05, 3.63) is 186 Å². The number of hydrogen-bond acceptors (Lipinski definition) is 3. The zero-order valence-electron chi connectivity index (χ0n) is 29.3. The van der Waals surface area contributed by atoms with E-state index in [0.29, 0.717) is 17.6 Å². The van der Waals surface area contributed by atoms with Crippen LogP contribution in [0.1, 0.15) is 17.9 Å². The smallest absolute Gasteiger partial charge is 0.238 e. The van der Waals surface area contributed by atoms with E-state index in [1.54, 1.807) is 0 Å². The molecule has 0 N–H and O–H groups in total. The molecule has 5 heteroatoms. The summed E-state index contributed by atoms with van der Waals surface area (Å²) < 4.78 is 4.65. The van der Waals surface area contributed by atoms with Crippen LogP contribution in [0.5, 0.6) is 0 Å². The molecule has 54 heavy (non-hydrogen) atoms. The van der Waals surface area contributed by atoms with Gasteiger partial charge in [-0.1, -0.05) is 152 Å². The van der Waals surface area contributed by atoms with E-state index in [0.717, 1.165) is 56.1 Å². The van der Waals surface area contributed by atoms with Crippen molar-refractivity contribution in [3.8, 4) is 34.4 Å². The zero-order chi connectivity index (χ0) is 35.6. The number of rotatable bonds is 5. The molecular formula is C49H33N5. The Morgan fingerprint density at radius 1 is 0.444 bits per heavy atom. The third-order valence-electron chi connectivity index (χ3n) is 10.9. The number of para-hydroxylation sites is 3. The highest BCUT2D eigenvalue weighted by Crippen LogP contribution is 2.41. The maximum atomic E-state index is 5.37. The first-order valence-corrected chi connectivity index (χ1v) is 18.5. The van der Waals surface area contributed by atoms with Crippen molar-refractivity contribution < 1.29 is 0 Å². The van der Waals surface area contributed by atoms with Crippen LogP contribution < -0.4 is 10.4 Å². The van der Waals surface area contributed by atoms with Gasteiger partial charge in [-0.25, -0.2) is 4.98 Å². The molecule has 0 fully saturated rings. The summed E-state index contributed by atoms with van der Waals surface area (Å²) in [5, 5.41) is 7.25. The molecule has 10 aromatic rings. The minimum atomic E-state index is 0.264. The summed E-state index contributed by atoms with van der Waals surface area (Å²) >= 11 is 0. The number of fused-ring (bicyclic) bond motifs is 8. The van der Waals surface area contributed by atoms with Crippen LogP contribution in [0.4, 0.5) is 0 Å². The lowest BCUT2D eigenvalue weighted by atomic mass is 9.90. The van der Waals surface area contributed by atoms with Gasteiger partial charge in [0.25, 0.3) is 0 Å². The van der Waals surface area contributed by atoms with Crippen LogP contribution in [0.25, 0.3) is 90.2 Å². The summed E-state index contributed by atoms with van der Waals surface area (Å²) in [7, 11) is 0. The first-order valence-electron chi connectivity index (χ1n) is 18.5. The van der Waals surface area contributed by atoms with Crippen LogP contribution >= 0.6 is 0 Å². The Kier molecular flexibility index (Phi) is 6.92. The lowest BCUT2D eigenvalue weighted by molar-refractivity contribution is 0.918. The third kappa shape index (κ3) is 4.82. The average Bonchev–Trinajstić information content (AvgIpc) is 3.77. The van der Waals surface area contributed by atoms with E-state index in [1.165, 1.54) is 26.8 Å². The van der Waals surface area contributed by atoms with Gasteiger partial charge in [0.05, 0.1) is 22.1 Å². The zero-order valence-corrected chi connectivity index (χ0v) is 29.3. The minimum Gasteiger partial charge on any atom is -0.307 e. The molecule has 1 aliphatic rings. The highest BCUT2D eigenvalue weighted by Gasteiger charge is 2.23. The second kappa shape index (κ2) is 12.2. The molecule has 0 aliphatic heterocycles. The fourth-order valence-corrected chi connectivity index (χ4v) is 8.39. The van der Waals surface area contributed by atoms with Crippen LogP contribution in [0, 0.1) is 0 Å². The van der Waals surface area contributed by atoms with Crippen LogP contribution in [0.3, 0.4) is 0 Å². The molecule has 0 saturated heterocycles. The summed E-state index contributed by atoms with van der Waals surface area (Å²) in [4.78, 5) is 15.8. The maximum Gasteiger partial charge on any atom is 0.238 e. The Balaban J connectivity index is 1.21. The highest BCUT2D eigenvalue weighted by molar-refractivity contribution is 6.23. The van der Waals surface area contributed by atoms with E-state index < -0.39 is 0 Å². The highest BCUT2D eigenvalue weighted by atomic mass is 15.2. The lowest BCUT2D eigenvalue weighted by Crippen LogP contribution is -2.27. The van der Waals surface area contributed by atoms with Crippen molar-refractivity contribution in [2.24, 2.45) is 0 Å². The lowest BCUT2D eigenvalue weighted by Gasteiger charge is -2.16. The van der Waals surface area contributed by atoms with Gasteiger partial charge < -0.3 is 4.57 Å². The molecule has 254 valence electrons. The van der Waals surface area contributed by atoms with Gasteiger partial charge in [0.1, 0.15) is 0 Å². The van der Waals surface area contributed by atoms with E-state index in [-0.39, 0.29) is 5.92 Å². The minimum absolute atomic E-state index is 0.264. The normalized spacial score (nSPS) is 14.0. The van der Waals surface area contributed by atoms with Gasteiger partial charge in [0.2, 0.25) is 5.95 Å². The van der Waals surface area contributed by atoms with Gasteiger partial charge in [0.15, 0.2) is 11.6 Å². The molecule has 5 nitrogen and oxygen atoms in total. The van der Waals surface area contributed by atoms with Crippen LogP contribution in [0.15, 0.2) is 170 Å². The van der Waals surface area contributed by atoms with Gasteiger partial charge in [-0.15, -0.1) is 0 Å². The van der Waals surface area contributed by atoms with Crippen molar-refractivity contribution in [2.75, 3.05) is 0 Å². The Morgan fingerprint density at radius 3 is 1.76 bits per heavy atom. The SMILES string of the molecule is C1=c2ccccc2=CC(c2cccc(-c3nc(-c4ccccc4)nc(-n4c5ccccc5c5ccc6c7ccccc7n(-c7ccccc7)c6c54)n3)c2)C1. The monoisotopic (exact) mass is 691 g/mol. The van der Waals surface area contributed by atoms with Gasteiger partial charge in [0, 0.05) is 44.3 Å². The summed E-state index contributed by atoms with van der Waals surface area (Å²) in [5.41, 5.74) is 8.62. The molecule has 1 unspecified atom stereocenters. The molecule has 1 aliphatic carbocycles. The first kappa shape index (κ1) is 30.5. The predicted molar refractivity (Wildman–Crippen MR) is 221 cm³/mol. The first-order chi connectivity index (χ1) is 26.8. The van der Waals surface area contributed by atoms with Crippen molar-refractivity contribution >= 4 is 55.8 Å². The Hall–Kier alpha value is -7.11. The quantitative estimate of drug-likeness (QED) is 0.181. The van der Waals surface area contributed by atoms with E-state index >= 15 is 0 Å². The average molecular weight is 692 g/mol. The molecule has 3 aromatic heterocycles. The van der Waals surface area contributed by atoms with Gasteiger partial charge >= 0.3 is 0 Å². The Bertz CT molecular complexity index is 3190. The molecule has 7 aromatic carbocycles. The van der Waals surface area contributed by atoms with Crippen molar-refractivity contribution in [1.29, 1.82) is 0 Å². The van der Waals surface area contributed by atoms with E-state index in [9.17, 15) is 0 Å². The maximum absolute atomic E-state index is 5.37. The van der Waals surface area contributed by atoms with Crippen LogP contribution in [0.2, 0.25) is 0 Å². The van der Waals surface area contributed by atoms with E-state index in [1.807, 2.05) is 18.2 Å². The second-order valence-electron chi connectivity index (χ2n) is 14.0. The van der Waals surface area contributed by atoms with Gasteiger partial charge in [-0.2, -0.15) is 9.97 Å². The molecule has 0 amide bonds. The van der Waals surface area contributed by atoms with E-state index in [2.05, 4.69) is 173 Å². The molecule has 0 saturated carbocycles. The Morgan fingerprint density at radius 2 is 1.02 bits per heavy atom. The number of benzene rings is 7. The number of hydrogen-bond donors (Lipinski definition) is 0. The fourth-order valence-electron chi connectivity index (χ4n) is 8.39. The van der Waals surface area contributed by atoms with Crippen LogP contribution in [-0.2, 0) is 0 Å². The third-order valence-corrected chi connectivity index (χ3v) is 10.9. The predicted octanol–water partition coefficient (Wildman–Crippen LogP) is 10.1. The summed E-state index contributed by atoms with van der Waals surface area (Å²) in [6.07, 6.45) is 5.68. The van der Waals surface area contributed by atoms with Crippen molar-refractivity contribution in [3.63, 3.8) is 0 Å². The number of nitrogens with zero attached hydrogens (tertiary/aromatic N) is 5. The van der Waals surface area contributed by atoms with Gasteiger partial charge in [-0.05, 0) is 52.8 Å². The summed E-state index contributed by atoms with van der Waals surface area (Å²) in [5.74, 6) is 2.12.